The van der Waals surface area contributed by atoms with E-state index in [1.807, 2.05) is 0 Å². The minimum Gasteiger partial charge on any atom is -0.497 e. The molecule has 1 N–H and O–H groups in total. The topological polar surface area (TPSA) is 104 Å². The Morgan fingerprint density at radius 1 is 1.15 bits per heavy atom. The lowest BCUT2D eigenvalue weighted by molar-refractivity contribution is -0.143. The number of nitrogens with one attached hydrogen (secondary N) is 1. The summed E-state index contributed by atoms with van der Waals surface area (Å²) in [7, 11) is 1.54. The van der Waals surface area contributed by atoms with Crippen molar-refractivity contribution < 1.29 is 28.0 Å². The quantitative estimate of drug-likeness (QED) is 0.648. The number of benzene rings is 1. The zero-order chi connectivity index (χ0) is 18.4. The zero-order valence-corrected chi connectivity index (χ0v) is 13.9. The fourth-order valence-electron chi connectivity index (χ4n) is 2.12. The summed E-state index contributed by atoms with van der Waals surface area (Å²) in [5.74, 6) is 0.638. The van der Waals surface area contributed by atoms with Crippen molar-refractivity contribution >= 4 is 11.9 Å². The van der Waals surface area contributed by atoms with E-state index in [0.29, 0.717) is 28.5 Å². The molecule has 8 nitrogen and oxygen atoms in total. The Balaban J connectivity index is 1.44. The first-order valence-corrected chi connectivity index (χ1v) is 7.73. The monoisotopic (exact) mass is 356 g/mol. The standard InChI is InChI=1S/C18H16N2O6/c1-23-14-6-4-12(5-7-14)18(22)19-10-17(21)25-11-13-9-16(26-20-13)15-3-2-8-24-15/h2-9H,10-11H2,1H3,(H,19,22). The third kappa shape index (κ3) is 4.29. The van der Waals surface area contributed by atoms with Crippen molar-refractivity contribution in [1.82, 2.24) is 10.5 Å². The SMILES string of the molecule is COc1ccc(C(=O)NCC(=O)OCc2cc(-c3ccco3)on2)cc1. The first-order valence-electron chi connectivity index (χ1n) is 7.73. The molecule has 0 saturated heterocycles. The molecular weight excluding hydrogens is 340 g/mol. The van der Waals surface area contributed by atoms with Crippen LogP contribution >= 0.6 is 0 Å². The van der Waals surface area contributed by atoms with Crippen molar-refractivity contribution in [2.24, 2.45) is 0 Å². The number of esters is 1. The van der Waals surface area contributed by atoms with E-state index in [1.165, 1.54) is 13.4 Å². The van der Waals surface area contributed by atoms with Gasteiger partial charge in [0.25, 0.3) is 5.91 Å². The molecule has 0 aliphatic heterocycles. The van der Waals surface area contributed by atoms with Crippen molar-refractivity contribution in [2.75, 3.05) is 13.7 Å². The Morgan fingerprint density at radius 3 is 2.65 bits per heavy atom. The summed E-state index contributed by atoms with van der Waals surface area (Å²) in [6.45, 7) is -0.324. The molecule has 0 radical (unpaired) electrons. The number of carbonyl (C=O) groups excluding carboxylic acids is 2. The fourth-order valence-corrected chi connectivity index (χ4v) is 2.12. The van der Waals surface area contributed by atoms with Crippen molar-refractivity contribution in [3.05, 3.63) is 60.0 Å². The van der Waals surface area contributed by atoms with Crippen LogP contribution in [0.2, 0.25) is 0 Å². The van der Waals surface area contributed by atoms with Crippen LogP contribution in [0.3, 0.4) is 0 Å². The average Bonchev–Trinajstić information content (AvgIpc) is 3.36. The van der Waals surface area contributed by atoms with Gasteiger partial charge in [-0.2, -0.15) is 0 Å². The van der Waals surface area contributed by atoms with Gasteiger partial charge in [-0.15, -0.1) is 0 Å². The number of nitrogens with zero attached hydrogens (tertiary/aromatic N) is 1. The van der Waals surface area contributed by atoms with Gasteiger partial charge < -0.3 is 23.7 Å². The van der Waals surface area contributed by atoms with Crippen LogP contribution in [0.5, 0.6) is 5.75 Å². The molecule has 2 heterocycles. The molecule has 134 valence electrons. The molecule has 3 rings (SSSR count). The highest BCUT2D eigenvalue weighted by molar-refractivity contribution is 5.96. The van der Waals surface area contributed by atoms with E-state index in [2.05, 4.69) is 10.5 Å². The Bertz CT molecular complexity index is 867. The maximum absolute atomic E-state index is 12.0. The molecule has 0 aliphatic rings. The maximum Gasteiger partial charge on any atom is 0.325 e. The molecule has 0 unspecified atom stereocenters. The van der Waals surface area contributed by atoms with E-state index < -0.39 is 5.97 Å². The van der Waals surface area contributed by atoms with Gasteiger partial charge in [-0.25, -0.2) is 0 Å². The Hall–Kier alpha value is -3.55. The second kappa shape index (κ2) is 8.02. The third-order valence-corrected chi connectivity index (χ3v) is 3.45. The summed E-state index contributed by atoms with van der Waals surface area (Å²) in [5.41, 5.74) is 0.851. The molecule has 8 heteroatoms. The van der Waals surface area contributed by atoms with Gasteiger partial charge in [0.1, 0.15) is 24.6 Å². The molecule has 0 bridgehead atoms. The number of ether oxygens (including phenoxy) is 2. The third-order valence-electron chi connectivity index (χ3n) is 3.45. The van der Waals surface area contributed by atoms with E-state index >= 15 is 0 Å². The predicted octanol–water partition coefficient (Wildman–Crippen LogP) is 2.42. The molecule has 26 heavy (non-hydrogen) atoms. The van der Waals surface area contributed by atoms with Crippen LogP contribution in [0.1, 0.15) is 16.1 Å². The van der Waals surface area contributed by atoms with Gasteiger partial charge in [-0.3, -0.25) is 9.59 Å². The van der Waals surface area contributed by atoms with Gasteiger partial charge in [-0.1, -0.05) is 5.16 Å². The molecule has 0 saturated carbocycles. The van der Waals surface area contributed by atoms with E-state index in [-0.39, 0.29) is 19.1 Å². The van der Waals surface area contributed by atoms with Crippen molar-refractivity contribution in [1.29, 1.82) is 0 Å². The van der Waals surface area contributed by atoms with Crippen molar-refractivity contribution in [3.8, 4) is 17.3 Å². The molecule has 3 aromatic rings. The van der Waals surface area contributed by atoms with Crippen molar-refractivity contribution in [2.45, 2.75) is 6.61 Å². The smallest absolute Gasteiger partial charge is 0.325 e. The van der Waals surface area contributed by atoms with E-state index in [0.717, 1.165) is 0 Å². The highest BCUT2D eigenvalue weighted by Crippen LogP contribution is 2.20. The summed E-state index contributed by atoms with van der Waals surface area (Å²) in [6, 6.07) is 11.6. The molecular formula is C18H16N2O6. The van der Waals surface area contributed by atoms with Crippen LogP contribution < -0.4 is 10.1 Å². The maximum atomic E-state index is 12.0. The second-order valence-corrected chi connectivity index (χ2v) is 5.23. The summed E-state index contributed by atoms with van der Waals surface area (Å²) in [5, 5.41) is 6.28. The van der Waals surface area contributed by atoms with Crippen molar-refractivity contribution in [3.63, 3.8) is 0 Å². The number of methoxy groups -OCH3 is 1. The molecule has 0 fully saturated rings. The minimum absolute atomic E-state index is 0.0680. The van der Waals surface area contributed by atoms with Crippen LogP contribution in [0.4, 0.5) is 0 Å². The minimum atomic E-state index is -0.589. The van der Waals surface area contributed by atoms with Gasteiger partial charge in [0, 0.05) is 11.6 Å². The van der Waals surface area contributed by atoms with Crippen LogP contribution in [0, 0.1) is 0 Å². The van der Waals surface area contributed by atoms with Crippen LogP contribution in [-0.4, -0.2) is 30.7 Å². The molecule has 2 aromatic heterocycles. The van der Waals surface area contributed by atoms with Gasteiger partial charge >= 0.3 is 5.97 Å². The Kier molecular flexibility index (Phi) is 5.33. The highest BCUT2D eigenvalue weighted by atomic mass is 16.5. The number of hydrogen-bond donors (Lipinski definition) is 1. The van der Waals surface area contributed by atoms with Gasteiger partial charge in [-0.05, 0) is 36.4 Å². The normalized spacial score (nSPS) is 10.3. The van der Waals surface area contributed by atoms with Gasteiger partial charge in [0.2, 0.25) is 5.76 Å². The summed E-state index contributed by atoms with van der Waals surface area (Å²) >= 11 is 0. The van der Waals surface area contributed by atoms with Crippen LogP contribution in [0.15, 0.2) is 57.7 Å². The molecule has 0 aliphatic carbocycles. The zero-order valence-electron chi connectivity index (χ0n) is 13.9. The van der Waals surface area contributed by atoms with Gasteiger partial charge in [0.15, 0.2) is 5.76 Å². The molecule has 0 spiro atoms. The van der Waals surface area contributed by atoms with E-state index in [4.69, 9.17) is 18.4 Å². The van der Waals surface area contributed by atoms with Crippen LogP contribution in [0.25, 0.3) is 11.5 Å². The van der Waals surface area contributed by atoms with E-state index in [1.54, 1.807) is 42.5 Å². The largest absolute Gasteiger partial charge is 0.497 e. The second-order valence-electron chi connectivity index (χ2n) is 5.23. The van der Waals surface area contributed by atoms with Crippen LogP contribution in [-0.2, 0) is 16.1 Å². The number of amides is 1. The number of aromatic nitrogens is 1. The highest BCUT2D eigenvalue weighted by Gasteiger charge is 2.12. The first kappa shape index (κ1) is 17.3. The first-order chi connectivity index (χ1) is 12.7. The lowest BCUT2D eigenvalue weighted by Crippen LogP contribution is -2.30. The summed E-state index contributed by atoms with van der Waals surface area (Å²) < 4.78 is 20.4. The fraction of sp³-hybridized carbons (Fsp3) is 0.167. The summed E-state index contributed by atoms with van der Waals surface area (Å²) in [4.78, 5) is 23.7. The predicted molar refractivity (Wildman–Crippen MR) is 89.3 cm³/mol. The lowest BCUT2D eigenvalue weighted by atomic mass is 10.2. The molecule has 1 aromatic carbocycles. The number of hydrogen-bond acceptors (Lipinski definition) is 7. The van der Waals surface area contributed by atoms with Gasteiger partial charge in [0.05, 0.1) is 13.4 Å². The average molecular weight is 356 g/mol. The summed E-state index contributed by atoms with van der Waals surface area (Å²) in [6.07, 6.45) is 1.52. The van der Waals surface area contributed by atoms with E-state index in [9.17, 15) is 9.59 Å². The Labute approximate surface area is 148 Å². The number of furan rings is 1. The lowest BCUT2D eigenvalue weighted by Gasteiger charge is -2.06. The molecule has 0 atom stereocenters. The Morgan fingerprint density at radius 2 is 1.96 bits per heavy atom. The number of rotatable bonds is 7. The molecule has 1 amide bonds. The number of carbonyl (C=O) groups is 2.